The summed E-state index contributed by atoms with van der Waals surface area (Å²) in [5.74, 6) is 0. The van der Waals surface area contributed by atoms with Crippen molar-refractivity contribution in [2.45, 2.75) is 45.2 Å². The molecule has 0 aliphatic carbocycles. The Hall–Kier alpha value is -0.340. The molecular formula is C9H16O2. The summed E-state index contributed by atoms with van der Waals surface area (Å²) in [6.45, 7) is 9.83. The lowest BCUT2D eigenvalue weighted by atomic mass is 10.0. The minimum absolute atomic E-state index is 0.0729. The zero-order chi connectivity index (χ0) is 8.48. The van der Waals surface area contributed by atoms with Crippen LogP contribution >= 0.6 is 0 Å². The molecule has 1 saturated heterocycles. The molecule has 0 unspecified atom stereocenters. The number of rotatable bonds is 1. The van der Waals surface area contributed by atoms with E-state index in [9.17, 15) is 0 Å². The molecule has 1 aliphatic heterocycles. The molecule has 0 spiro atoms. The Kier molecular flexibility index (Phi) is 2.35. The van der Waals surface area contributed by atoms with E-state index < -0.39 is 0 Å². The molecule has 1 fully saturated rings. The van der Waals surface area contributed by atoms with Gasteiger partial charge >= 0.3 is 0 Å². The third-order valence-electron chi connectivity index (χ3n) is 1.77. The van der Waals surface area contributed by atoms with Gasteiger partial charge in [0.1, 0.15) is 0 Å². The largest absolute Gasteiger partial charge is 0.346 e. The Labute approximate surface area is 68.2 Å². The van der Waals surface area contributed by atoms with Gasteiger partial charge in [-0.2, -0.15) is 0 Å². The van der Waals surface area contributed by atoms with E-state index in [4.69, 9.17) is 9.47 Å². The molecule has 2 nitrogen and oxygen atoms in total. The van der Waals surface area contributed by atoms with Gasteiger partial charge in [-0.1, -0.05) is 6.58 Å². The van der Waals surface area contributed by atoms with E-state index in [0.717, 1.165) is 6.42 Å². The van der Waals surface area contributed by atoms with Gasteiger partial charge in [0.15, 0.2) is 6.29 Å². The smallest absolute Gasteiger partial charge is 0.177 e. The summed E-state index contributed by atoms with van der Waals surface area (Å²) in [6, 6.07) is 0. The van der Waals surface area contributed by atoms with Crippen LogP contribution in [0.25, 0.3) is 0 Å². The maximum absolute atomic E-state index is 5.55. The average molecular weight is 156 g/mol. The molecule has 0 bridgehead atoms. The molecular weight excluding hydrogens is 140 g/mol. The molecule has 11 heavy (non-hydrogen) atoms. The van der Waals surface area contributed by atoms with Crippen LogP contribution in [0.15, 0.2) is 12.7 Å². The predicted molar refractivity (Wildman–Crippen MR) is 44.3 cm³/mol. The summed E-state index contributed by atoms with van der Waals surface area (Å²) in [5, 5.41) is 0. The zero-order valence-electron chi connectivity index (χ0n) is 7.46. The molecule has 1 heterocycles. The predicted octanol–water partition coefficient (Wildman–Crippen LogP) is 2.10. The third kappa shape index (κ3) is 2.31. The molecule has 0 radical (unpaired) electrons. The Morgan fingerprint density at radius 2 is 2.18 bits per heavy atom. The lowest BCUT2D eigenvalue weighted by Gasteiger charge is -2.38. The van der Waals surface area contributed by atoms with Gasteiger partial charge in [0.2, 0.25) is 0 Å². The first-order chi connectivity index (χ1) is 5.03. The summed E-state index contributed by atoms with van der Waals surface area (Å²) < 4.78 is 11.0. The van der Waals surface area contributed by atoms with Crippen molar-refractivity contribution >= 4 is 0 Å². The first-order valence-corrected chi connectivity index (χ1v) is 3.99. The van der Waals surface area contributed by atoms with Crippen LogP contribution in [0, 0.1) is 0 Å². The summed E-state index contributed by atoms with van der Waals surface area (Å²) in [4.78, 5) is 0. The monoisotopic (exact) mass is 156 g/mol. The van der Waals surface area contributed by atoms with Crippen molar-refractivity contribution in [1.29, 1.82) is 0 Å². The second kappa shape index (κ2) is 2.95. The van der Waals surface area contributed by atoms with Crippen molar-refractivity contribution < 1.29 is 9.47 Å². The maximum Gasteiger partial charge on any atom is 0.177 e. The quantitative estimate of drug-likeness (QED) is 0.541. The lowest BCUT2D eigenvalue weighted by molar-refractivity contribution is -0.246. The molecule has 64 valence electrons. The Bertz CT molecular complexity index is 152. The van der Waals surface area contributed by atoms with Gasteiger partial charge in [-0.25, -0.2) is 0 Å². The highest BCUT2D eigenvalue weighted by Crippen LogP contribution is 2.27. The molecule has 2 atom stereocenters. The van der Waals surface area contributed by atoms with Crippen molar-refractivity contribution in [2.24, 2.45) is 0 Å². The van der Waals surface area contributed by atoms with Crippen LogP contribution in [-0.2, 0) is 9.47 Å². The molecule has 0 amide bonds. The van der Waals surface area contributed by atoms with E-state index in [1.807, 2.05) is 0 Å². The topological polar surface area (TPSA) is 18.5 Å². The second-order valence-corrected chi connectivity index (χ2v) is 3.63. The Morgan fingerprint density at radius 3 is 2.64 bits per heavy atom. The molecule has 2 heteroatoms. The van der Waals surface area contributed by atoms with Crippen LogP contribution in [0.4, 0.5) is 0 Å². The Balaban J connectivity index is 2.57. The molecule has 0 aromatic carbocycles. The summed E-state index contributed by atoms with van der Waals surface area (Å²) in [7, 11) is 0. The van der Waals surface area contributed by atoms with Crippen LogP contribution in [0.2, 0.25) is 0 Å². The lowest BCUT2D eigenvalue weighted by Crippen LogP contribution is -2.41. The minimum Gasteiger partial charge on any atom is -0.346 e. The van der Waals surface area contributed by atoms with Gasteiger partial charge in [-0.3, -0.25) is 0 Å². The standard InChI is InChI=1S/C9H16O2/c1-5-8-10-7(2)6-9(3,4)11-8/h5,7-8H,1,6H2,2-4H3/t7-,8+/m1/s1. The van der Waals surface area contributed by atoms with Crippen molar-refractivity contribution in [3.05, 3.63) is 12.7 Å². The van der Waals surface area contributed by atoms with Gasteiger partial charge in [0.25, 0.3) is 0 Å². The van der Waals surface area contributed by atoms with Crippen LogP contribution in [0.5, 0.6) is 0 Å². The van der Waals surface area contributed by atoms with E-state index in [1.54, 1.807) is 6.08 Å². The normalized spacial score (nSPS) is 36.6. The SMILES string of the molecule is C=C[C@H]1O[C@H](C)CC(C)(C)O1. The van der Waals surface area contributed by atoms with Gasteiger partial charge in [-0.15, -0.1) is 0 Å². The third-order valence-corrected chi connectivity index (χ3v) is 1.77. The average Bonchev–Trinajstić information content (AvgIpc) is 1.83. The molecule has 0 saturated carbocycles. The Morgan fingerprint density at radius 1 is 1.55 bits per heavy atom. The van der Waals surface area contributed by atoms with Gasteiger partial charge in [0, 0.05) is 6.42 Å². The molecule has 1 rings (SSSR count). The zero-order valence-corrected chi connectivity index (χ0v) is 7.46. The van der Waals surface area contributed by atoms with Gasteiger partial charge < -0.3 is 9.47 Å². The van der Waals surface area contributed by atoms with Gasteiger partial charge in [-0.05, 0) is 26.8 Å². The van der Waals surface area contributed by atoms with Crippen LogP contribution in [0.1, 0.15) is 27.2 Å². The van der Waals surface area contributed by atoms with Crippen molar-refractivity contribution in [1.82, 2.24) is 0 Å². The fourth-order valence-corrected chi connectivity index (χ4v) is 1.46. The summed E-state index contributed by atoms with van der Waals surface area (Å²) in [6.07, 6.45) is 2.67. The maximum atomic E-state index is 5.55. The van der Waals surface area contributed by atoms with Crippen LogP contribution < -0.4 is 0 Å². The van der Waals surface area contributed by atoms with Crippen molar-refractivity contribution in [3.8, 4) is 0 Å². The van der Waals surface area contributed by atoms with E-state index in [-0.39, 0.29) is 18.0 Å². The molecule has 0 aromatic rings. The number of ether oxygens (including phenoxy) is 2. The van der Waals surface area contributed by atoms with Crippen molar-refractivity contribution in [3.63, 3.8) is 0 Å². The van der Waals surface area contributed by atoms with E-state index in [2.05, 4.69) is 27.4 Å². The fraction of sp³-hybridized carbons (Fsp3) is 0.778. The fourth-order valence-electron chi connectivity index (χ4n) is 1.46. The molecule has 1 aliphatic rings. The van der Waals surface area contributed by atoms with Gasteiger partial charge in [0.05, 0.1) is 11.7 Å². The first-order valence-electron chi connectivity index (χ1n) is 3.99. The highest BCUT2D eigenvalue weighted by Gasteiger charge is 2.31. The molecule has 0 N–H and O–H groups in total. The van der Waals surface area contributed by atoms with E-state index in [1.165, 1.54) is 0 Å². The van der Waals surface area contributed by atoms with Crippen molar-refractivity contribution in [2.75, 3.05) is 0 Å². The van der Waals surface area contributed by atoms with Crippen LogP contribution in [0.3, 0.4) is 0 Å². The summed E-state index contributed by atoms with van der Waals surface area (Å²) >= 11 is 0. The molecule has 0 aromatic heterocycles. The van der Waals surface area contributed by atoms with E-state index >= 15 is 0 Å². The van der Waals surface area contributed by atoms with Crippen LogP contribution in [-0.4, -0.2) is 18.0 Å². The first kappa shape index (κ1) is 8.75. The van der Waals surface area contributed by atoms with E-state index in [0.29, 0.717) is 0 Å². The second-order valence-electron chi connectivity index (χ2n) is 3.63. The highest BCUT2D eigenvalue weighted by molar-refractivity contribution is 4.84. The number of hydrogen-bond donors (Lipinski definition) is 0. The number of hydrogen-bond acceptors (Lipinski definition) is 2. The minimum atomic E-state index is -0.228. The summed E-state index contributed by atoms with van der Waals surface area (Å²) in [5.41, 5.74) is -0.0729. The highest BCUT2D eigenvalue weighted by atomic mass is 16.7.